The fraction of sp³-hybridized carbons (Fsp3) is 0.708. The van der Waals surface area contributed by atoms with Crippen LogP contribution in [-0.4, -0.2) is 249 Å². The number of nitrogens with zero attached hydrogens (tertiary/aromatic N) is 8. The van der Waals surface area contributed by atoms with Gasteiger partial charge in [-0.15, -0.1) is 0 Å². The fourth-order valence-corrected chi connectivity index (χ4v) is 13.3. The number of aliphatic imine (C=N–C) groups is 8. The molecule has 12 amide bonds. The molecule has 49 heteroatoms. The van der Waals surface area contributed by atoms with Gasteiger partial charge in [-0.2, -0.15) is 11.8 Å². The first-order chi connectivity index (χ1) is 54.1. The average Bonchev–Trinajstić information content (AvgIpc) is 1.66. The van der Waals surface area contributed by atoms with Gasteiger partial charge in [-0.05, 0) is 141 Å². The molecule has 2 rings (SSSR count). The van der Waals surface area contributed by atoms with Crippen molar-refractivity contribution in [1.82, 2.24) is 58.5 Å². The van der Waals surface area contributed by atoms with Crippen molar-refractivity contribution >= 4 is 125 Å². The second-order valence-electron chi connectivity index (χ2n) is 27.2. The van der Waals surface area contributed by atoms with Crippen LogP contribution in [0.25, 0.3) is 0 Å². The summed E-state index contributed by atoms with van der Waals surface area (Å²) in [5.74, 6) is -8.75. The van der Waals surface area contributed by atoms with Gasteiger partial charge < -0.3 is 162 Å². The molecule has 0 saturated carbocycles. The average molecular weight is 1640 g/mol. The van der Waals surface area contributed by atoms with E-state index in [0.717, 1.165) is 12.2 Å². The molecular formula is C65H127N37O11S. The molecule has 0 aromatic rings. The van der Waals surface area contributed by atoms with Gasteiger partial charge >= 0.3 is 6.03 Å². The number of primary amides is 1. The Hall–Kier alpha value is -11.6. The van der Waals surface area contributed by atoms with Gasteiger partial charge in [0.1, 0.15) is 48.3 Å². The molecule has 0 spiro atoms. The van der Waals surface area contributed by atoms with E-state index in [1.807, 2.05) is 0 Å². The zero-order valence-electron chi connectivity index (χ0n) is 64.8. The Morgan fingerprint density at radius 1 is 0.333 bits per heavy atom. The Labute approximate surface area is 666 Å². The highest BCUT2D eigenvalue weighted by molar-refractivity contribution is 8.00. The summed E-state index contributed by atoms with van der Waals surface area (Å²) >= 11 is 1.75. The van der Waals surface area contributed by atoms with Crippen LogP contribution in [0.4, 0.5) is 4.79 Å². The third-order valence-electron chi connectivity index (χ3n) is 17.6. The fourth-order valence-electron chi connectivity index (χ4n) is 11.8. The number of guanidine groups is 8. The van der Waals surface area contributed by atoms with Crippen molar-refractivity contribution in [2.24, 2.45) is 143 Å². The van der Waals surface area contributed by atoms with Gasteiger partial charge in [-0.25, -0.2) is 4.79 Å². The summed E-state index contributed by atoms with van der Waals surface area (Å²) < 4.78 is 0. The predicted molar refractivity (Wildman–Crippen MR) is 437 cm³/mol. The van der Waals surface area contributed by atoms with Crippen molar-refractivity contribution in [2.45, 2.75) is 226 Å². The quantitative estimate of drug-likeness (QED) is 0.0116. The van der Waals surface area contributed by atoms with E-state index in [2.05, 4.69) is 98.4 Å². The van der Waals surface area contributed by atoms with E-state index in [4.69, 9.17) is 103 Å². The lowest BCUT2D eigenvalue weighted by molar-refractivity contribution is -0.135. The van der Waals surface area contributed by atoms with Crippen LogP contribution < -0.4 is 162 Å². The predicted octanol–water partition coefficient (Wildman–Crippen LogP) is -11.5. The minimum Gasteiger partial charge on any atom is -0.370 e. The van der Waals surface area contributed by atoms with Crippen LogP contribution in [0.1, 0.15) is 154 Å². The topological polar surface area (TPSA) is 887 Å². The highest BCUT2D eigenvalue weighted by Crippen LogP contribution is 2.33. The van der Waals surface area contributed by atoms with Gasteiger partial charge in [0, 0.05) is 76.3 Å². The summed E-state index contributed by atoms with van der Waals surface area (Å²) in [7, 11) is 0. The number of thioether (sulfide) groups is 1. The molecule has 48 nitrogen and oxygen atoms in total. The molecule has 0 bridgehead atoms. The molecule has 0 aliphatic carbocycles. The lowest BCUT2D eigenvalue weighted by Crippen LogP contribution is -2.59. The van der Waals surface area contributed by atoms with Crippen LogP contribution >= 0.6 is 11.8 Å². The largest absolute Gasteiger partial charge is 0.370 e. The van der Waals surface area contributed by atoms with Crippen LogP contribution in [0.2, 0.25) is 0 Å². The third kappa shape index (κ3) is 44.5. The number of urea groups is 1. The van der Waals surface area contributed by atoms with E-state index >= 15 is 0 Å². The molecule has 0 aromatic heterocycles. The lowest BCUT2D eigenvalue weighted by Gasteiger charge is -2.27. The lowest BCUT2D eigenvalue weighted by atomic mass is 10.0. The minimum atomic E-state index is -1.48. The zero-order chi connectivity index (χ0) is 85.1. The minimum absolute atomic E-state index is 0.00164. The van der Waals surface area contributed by atoms with Crippen LogP contribution in [0, 0.1) is 0 Å². The van der Waals surface area contributed by atoms with E-state index in [0.29, 0.717) is 25.7 Å². The number of fused-ring (bicyclic) bond motifs is 1. The molecule has 47 N–H and O–H groups in total. The third-order valence-corrected chi connectivity index (χ3v) is 19.1. The number of carbonyl (C=O) groups excluding carboxylic acids is 11. The monoisotopic (exact) mass is 1630 g/mol. The second kappa shape index (κ2) is 55.8. The highest BCUT2D eigenvalue weighted by atomic mass is 32.2. The molecule has 12 atom stereocenters. The Balaban J connectivity index is 2.44. The van der Waals surface area contributed by atoms with Crippen molar-refractivity contribution in [1.29, 1.82) is 0 Å². The van der Waals surface area contributed by atoms with E-state index < -0.39 is 113 Å². The summed E-state index contributed by atoms with van der Waals surface area (Å²) in [4.78, 5) is 185. The summed E-state index contributed by atoms with van der Waals surface area (Å²) in [6.07, 6.45) is 3.69. The molecule has 0 aromatic carbocycles. The molecule has 2 fully saturated rings. The maximum absolute atomic E-state index is 14.8. The smallest absolute Gasteiger partial charge is 0.315 e. The maximum atomic E-state index is 14.8. The summed E-state index contributed by atoms with van der Waals surface area (Å²) in [6.45, 7) is 0.458. The van der Waals surface area contributed by atoms with Crippen molar-refractivity contribution < 1.29 is 52.7 Å². The normalized spacial score (nSPS) is 16.1. The number of nitrogens with one attached hydrogen (secondary N) is 11. The molecule has 2 saturated heterocycles. The van der Waals surface area contributed by atoms with Gasteiger partial charge in [0.25, 0.3) is 0 Å². The molecule has 114 heavy (non-hydrogen) atoms. The Bertz CT molecular complexity index is 3310. The van der Waals surface area contributed by atoms with Gasteiger partial charge in [0.15, 0.2) is 47.7 Å². The maximum Gasteiger partial charge on any atom is 0.315 e. The Kier molecular flexibility index (Phi) is 48.2. The van der Waals surface area contributed by atoms with Crippen LogP contribution in [0.15, 0.2) is 39.9 Å². The van der Waals surface area contributed by atoms with Crippen molar-refractivity contribution in [3.05, 3.63) is 0 Å². The zero-order valence-corrected chi connectivity index (χ0v) is 65.7. The number of unbranched alkanes of at least 4 members (excludes halogenated alkanes) is 3. The van der Waals surface area contributed by atoms with E-state index in [9.17, 15) is 52.7 Å². The van der Waals surface area contributed by atoms with Crippen molar-refractivity contribution in [3.8, 4) is 0 Å². The summed E-state index contributed by atoms with van der Waals surface area (Å²) in [5.41, 5.74) is 101. The Morgan fingerprint density at radius 3 is 0.974 bits per heavy atom. The first-order valence-electron chi connectivity index (χ1n) is 37.9. The van der Waals surface area contributed by atoms with E-state index in [-0.39, 0.29) is 252 Å². The van der Waals surface area contributed by atoms with Crippen LogP contribution in [0.5, 0.6) is 0 Å². The summed E-state index contributed by atoms with van der Waals surface area (Å²) in [5, 5.41) is 30.4. The standard InChI is InChI=1S/C65H127N37O11S/c66-35(14-7-27-86-58(70)71)49(105)95-40(19-10-30-89-61(76)77)54(110)97-39(16-4-6-26-85-57(68)69)53(109)99-43(22-13-33-92-64(82)83)56(112)100-42(21-12-32-91-63(80)81)55(111)96-37(17-8-28-87-59(72)73)50(106)84-25-5-3-15-36(48(67)104)94-52(108)41(20-11-31-90-62(78)79)98-51(107)38(18-9-29-88-60(74)75)93-46(103)24-2-1-23-45-47-44(34-114-45)101-65(113)102-47/h35-45,47H,1-34,66H2,(H2,67,104)(H,84,106)(H,93,103)(H,94,108)(H,95,105)(H,96,111)(H,97,110)(H,98,107)(H,99,109)(H,100,112)(H4,68,69,85)(H4,70,71,86)(H4,72,73,87)(H4,74,75,88)(H4,76,77,89)(H4,78,79,90)(H4,80,81,91)(H4,82,83,92)(H2,101,102,113)/t35?,36?,37?,38?,39?,40?,41?,42?,43?,44-,45-,47-/m0/s1. The second-order valence-corrected chi connectivity index (χ2v) is 28.4. The number of nitrogens with two attached hydrogens (primary N) is 18. The molecule has 0 radical (unpaired) electrons. The first kappa shape index (κ1) is 98.5. The van der Waals surface area contributed by atoms with Gasteiger partial charge in [-0.3, -0.25) is 87.9 Å². The molecule has 2 aliphatic rings. The van der Waals surface area contributed by atoms with Gasteiger partial charge in [-0.1, -0.05) is 6.42 Å². The van der Waals surface area contributed by atoms with Crippen LogP contribution in [-0.2, 0) is 47.9 Å². The molecule has 2 aliphatic heterocycles. The number of carbonyl (C=O) groups is 11. The Morgan fingerprint density at radius 2 is 0.623 bits per heavy atom. The molecule has 2 heterocycles. The van der Waals surface area contributed by atoms with E-state index in [1.165, 1.54) is 0 Å². The SMILES string of the molecule is NC(=O)C(CCCCNC(=O)C(CCCN=C(N)N)NC(=O)C(CCCN=C(N)N)NC(=O)C(CCCN=C(N)N)NC(=O)C(CCCCN=C(N)N)NC(=O)C(CCCN=C(N)N)NC(=O)C(N)CCCN=C(N)N)NC(=O)C(CCCN=C(N)N)NC(=O)C(CCCN=C(N)N)NC(=O)CCCC[C@@H]1SC[C@@H]2NC(=O)N[C@@H]21. The number of hydrogen-bond acceptors (Lipinski definition) is 21. The first-order valence-corrected chi connectivity index (χ1v) is 39.0. The number of hydrogen-bond donors (Lipinski definition) is 29. The number of amides is 12. The van der Waals surface area contributed by atoms with Gasteiger partial charge in [0.05, 0.1) is 18.1 Å². The van der Waals surface area contributed by atoms with Crippen molar-refractivity contribution in [3.63, 3.8) is 0 Å². The van der Waals surface area contributed by atoms with Crippen molar-refractivity contribution in [2.75, 3.05) is 64.7 Å². The molecular weight excluding hydrogens is 1510 g/mol. The highest BCUT2D eigenvalue weighted by Gasteiger charge is 2.43. The van der Waals surface area contributed by atoms with Crippen LogP contribution in [0.3, 0.4) is 0 Å². The number of rotatable bonds is 60. The molecule has 644 valence electrons. The molecule has 9 unspecified atom stereocenters. The van der Waals surface area contributed by atoms with E-state index in [1.54, 1.807) is 11.8 Å². The van der Waals surface area contributed by atoms with Gasteiger partial charge in [0.2, 0.25) is 59.1 Å². The summed E-state index contributed by atoms with van der Waals surface area (Å²) in [6, 6.07) is -12.0.